The normalized spacial score (nSPS) is 10.5. The van der Waals surface area contributed by atoms with Crippen LogP contribution in [0.25, 0.3) is 11.1 Å². The quantitative estimate of drug-likeness (QED) is 0.661. The Bertz CT molecular complexity index is 573. The summed E-state index contributed by atoms with van der Waals surface area (Å²) >= 11 is 24.2. The van der Waals surface area contributed by atoms with Gasteiger partial charge in [-0.25, -0.2) is 0 Å². The minimum Gasteiger partial charge on any atom is -0.495 e. The highest BCUT2D eigenvalue weighted by molar-refractivity contribution is 6.41. The van der Waals surface area contributed by atoms with Gasteiger partial charge >= 0.3 is 0 Å². The van der Waals surface area contributed by atoms with E-state index in [9.17, 15) is 0 Å². The predicted octanol–water partition coefficient (Wildman–Crippen LogP) is 5.98. The molecule has 0 aliphatic rings. The fourth-order valence-corrected chi connectivity index (χ4v) is 2.86. The van der Waals surface area contributed by atoms with Crippen LogP contribution in [-0.2, 0) is 0 Å². The fraction of sp³-hybridized carbons (Fsp3) is 0.0769. The molecule has 0 saturated carbocycles. The summed E-state index contributed by atoms with van der Waals surface area (Å²) in [6, 6.07) is 8.63. The molecule has 1 nitrogen and oxygen atoms in total. The van der Waals surface area contributed by atoms with Crippen molar-refractivity contribution in [2.45, 2.75) is 0 Å². The molecular formula is C13H8Cl4O. The molecule has 0 amide bonds. The van der Waals surface area contributed by atoms with Gasteiger partial charge in [0.15, 0.2) is 0 Å². The van der Waals surface area contributed by atoms with E-state index in [4.69, 9.17) is 51.1 Å². The lowest BCUT2D eigenvalue weighted by atomic mass is 10.1. The van der Waals surface area contributed by atoms with Crippen molar-refractivity contribution in [2.75, 3.05) is 7.11 Å². The molecule has 18 heavy (non-hydrogen) atoms. The SMILES string of the molecule is COc1cc(-c2c(Cl)cc(Cl)cc2Cl)ccc1Cl. The molecule has 2 rings (SSSR count). The lowest BCUT2D eigenvalue weighted by Gasteiger charge is -2.10. The summed E-state index contributed by atoms with van der Waals surface area (Å²) in [5.41, 5.74) is 1.53. The first kappa shape index (κ1) is 13.8. The van der Waals surface area contributed by atoms with Crippen LogP contribution in [-0.4, -0.2) is 7.11 Å². The van der Waals surface area contributed by atoms with Gasteiger partial charge in [0.2, 0.25) is 0 Å². The van der Waals surface area contributed by atoms with Gasteiger partial charge in [-0.1, -0.05) is 52.5 Å². The first-order valence-corrected chi connectivity index (χ1v) is 6.52. The largest absolute Gasteiger partial charge is 0.495 e. The molecule has 0 heterocycles. The summed E-state index contributed by atoms with van der Waals surface area (Å²) in [6.07, 6.45) is 0. The van der Waals surface area contributed by atoms with Crippen LogP contribution in [0.3, 0.4) is 0 Å². The van der Waals surface area contributed by atoms with Crippen molar-refractivity contribution >= 4 is 46.4 Å². The molecule has 0 saturated heterocycles. The van der Waals surface area contributed by atoms with Gasteiger partial charge in [0.1, 0.15) is 5.75 Å². The zero-order valence-corrected chi connectivity index (χ0v) is 12.3. The van der Waals surface area contributed by atoms with E-state index in [0.717, 1.165) is 5.56 Å². The summed E-state index contributed by atoms with van der Waals surface area (Å²) in [5, 5.41) is 1.99. The summed E-state index contributed by atoms with van der Waals surface area (Å²) in [4.78, 5) is 0. The third-order valence-electron chi connectivity index (χ3n) is 2.45. The van der Waals surface area contributed by atoms with Crippen molar-refractivity contribution < 1.29 is 4.74 Å². The summed E-state index contributed by atoms with van der Waals surface area (Å²) in [6.45, 7) is 0. The summed E-state index contributed by atoms with van der Waals surface area (Å²) in [5.74, 6) is 0.566. The molecule has 0 unspecified atom stereocenters. The third kappa shape index (κ3) is 2.70. The highest BCUT2D eigenvalue weighted by atomic mass is 35.5. The van der Waals surface area contributed by atoms with Gasteiger partial charge in [0, 0.05) is 10.6 Å². The third-order valence-corrected chi connectivity index (χ3v) is 3.57. The predicted molar refractivity (Wildman–Crippen MR) is 78.5 cm³/mol. The lowest BCUT2D eigenvalue weighted by molar-refractivity contribution is 0.415. The van der Waals surface area contributed by atoms with Gasteiger partial charge in [0.25, 0.3) is 0 Å². The Balaban J connectivity index is 2.62. The molecule has 0 aliphatic carbocycles. The van der Waals surface area contributed by atoms with Gasteiger partial charge in [-0.15, -0.1) is 0 Å². The second-order valence-electron chi connectivity index (χ2n) is 3.59. The number of ether oxygens (including phenoxy) is 1. The zero-order chi connectivity index (χ0) is 13.3. The van der Waals surface area contributed by atoms with E-state index in [1.54, 1.807) is 31.4 Å². The average molecular weight is 322 g/mol. The maximum Gasteiger partial charge on any atom is 0.138 e. The second kappa shape index (κ2) is 5.58. The number of halogens is 4. The van der Waals surface area contributed by atoms with E-state index in [2.05, 4.69) is 0 Å². The molecule has 2 aromatic rings. The molecule has 94 valence electrons. The Kier molecular flexibility index (Phi) is 4.29. The van der Waals surface area contributed by atoms with Crippen molar-refractivity contribution in [1.82, 2.24) is 0 Å². The van der Waals surface area contributed by atoms with Crippen LogP contribution in [0, 0.1) is 0 Å². The highest BCUT2D eigenvalue weighted by Gasteiger charge is 2.12. The molecule has 5 heteroatoms. The minimum atomic E-state index is 0.483. The molecular weight excluding hydrogens is 314 g/mol. The van der Waals surface area contributed by atoms with Crippen LogP contribution in [0.15, 0.2) is 30.3 Å². The molecule has 0 radical (unpaired) electrons. The van der Waals surface area contributed by atoms with Crippen molar-refractivity contribution in [3.05, 3.63) is 50.4 Å². The first-order valence-electron chi connectivity index (χ1n) is 5.01. The maximum absolute atomic E-state index is 6.16. The summed E-state index contributed by atoms with van der Waals surface area (Å²) < 4.78 is 5.17. The van der Waals surface area contributed by atoms with Crippen LogP contribution in [0.2, 0.25) is 20.1 Å². The smallest absolute Gasteiger partial charge is 0.138 e. The number of rotatable bonds is 2. The molecule has 0 aliphatic heterocycles. The molecule has 2 aromatic carbocycles. The highest BCUT2D eigenvalue weighted by Crippen LogP contribution is 2.39. The minimum absolute atomic E-state index is 0.483. The Morgan fingerprint density at radius 1 is 0.833 bits per heavy atom. The standard InChI is InChI=1S/C13H8Cl4O/c1-18-12-4-7(2-3-9(12)15)13-10(16)5-8(14)6-11(13)17/h2-6H,1H3. The topological polar surface area (TPSA) is 9.23 Å². The Morgan fingerprint density at radius 2 is 1.44 bits per heavy atom. The molecule has 0 bridgehead atoms. The average Bonchev–Trinajstić information content (AvgIpc) is 2.30. The van der Waals surface area contributed by atoms with E-state index < -0.39 is 0 Å². The van der Waals surface area contributed by atoms with Crippen molar-refractivity contribution in [3.63, 3.8) is 0 Å². The Morgan fingerprint density at radius 3 is 2.00 bits per heavy atom. The Labute approximate surface area is 125 Å². The van der Waals surface area contributed by atoms with E-state index in [-0.39, 0.29) is 0 Å². The molecule has 0 N–H and O–H groups in total. The first-order chi connectivity index (χ1) is 8.52. The van der Waals surface area contributed by atoms with E-state index in [0.29, 0.717) is 31.4 Å². The van der Waals surface area contributed by atoms with Crippen molar-refractivity contribution in [3.8, 4) is 16.9 Å². The van der Waals surface area contributed by atoms with Crippen LogP contribution in [0.4, 0.5) is 0 Å². The molecule has 0 fully saturated rings. The molecule has 0 atom stereocenters. The van der Waals surface area contributed by atoms with E-state index in [1.807, 2.05) is 6.07 Å². The van der Waals surface area contributed by atoms with Gasteiger partial charge in [-0.2, -0.15) is 0 Å². The number of methoxy groups -OCH3 is 1. The second-order valence-corrected chi connectivity index (χ2v) is 5.25. The fourth-order valence-electron chi connectivity index (χ4n) is 1.63. The Hall–Kier alpha value is -0.600. The van der Waals surface area contributed by atoms with Gasteiger partial charge in [-0.05, 0) is 29.8 Å². The molecule has 0 spiro atoms. The number of hydrogen-bond donors (Lipinski definition) is 0. The number of hydrogen-bond acceptors (Lipinski definition) is 1. The van der Waals surface area contributed by atoms with Crippen molar-refractivity contribution in [1.29, 1.82) is 0 Å². The van der Waals surface area contributed by atoms with Crippen LogP contribution < -0.4 is 4.74 Å². The van der Waals surface area contributed by atoms with E-state index in [1.165, 1.54) is 0 Å². The maximum atomic E-state index is 6.16. The monoisotopic (exact) mass is 320 g/mol. The number of benzene rings is 2. The van der Waals surface area contributed by atoms with Crippen LogP contribution in [0.1, 0.15) is 0 Å². The van der Waals surface area contributed by atoms with Crippen molar-refractivity contribution in [2.24, 2.45) is 0 Å². The van der Waals surface area contributed by atoms with Gasteiger partial charge < -0.3 is 4.74 Å². The van der Waals surface area contributed by atoms with Crippen LogP contribution >= 0.6 is 46.4 Å². The van der Waals surface area contributed by atoms with E-state index >= 15 is 0 Å². The lowest BCUT2D eigenvalue weighted by Crippen LogP contribution is -1.87. The zero-order valence-electron chi connectivity index (χ0n) is 9.31. The summed E-state index contributed by atoms with van der Waals surface area (Å²) in [7, 11) is 1.55. The molecule has 0 aromatic heterocycles. The van der Waals surface area contributed by atoms with Crippen LogP contribution in [0.5, 0.6) is 5.75 Å². The van der Waals surface area contributed by atoms with Gasteiger partial charge in [0.05, 0.1) is 22.2 Å². The van der Waals surface area contributed by atoms with Gasteiger partial charge in [-0.3, -0.25) is 0 Å².